The van der Waals surface area contributed by atoms with Crippen molar-refractivity contribution in [2.45, 2.75) is 32.4 Å². The molecule has 0 aliphatic carbocycles. The van der Waals surface area contributed by atoms with Crippen LogP contribution in [0.2, 0.25) is 0 Å². The van der Waals surface area contributed by atoms with Crippen LogP contribution in [0.4, 0.5) is 0 Å². The van der Waals surface area contributed by atoms with Gasteiger partial charge in [0.25, 0.3) is 0 Å². The first-order valence-electron chi connectivity index (χ1n) is 4.10. The Morgan fingerprint density at radius 2 is 2.42 bits per heavy atom. The van der Waals surface area contributed by atoms with Crippen molar-refractivity contribution in [3.05, 3.63) is 0 Å². The maximum atomic E-state index is 11.0. The Morgan fingerprint density at radius 1 is 1.75 bits per heavy atom. The lowest BCUT2D eigenvalue weighted by Crippen LogP contribution is -2.35. The Hall–Kier alpha value is -0.900. The molecular weight excluding hydrogens is 156 g/mol. The fourth-order valence-electron chi connectivity index (χ4n) is 1.17. The lowest BCUT2D eigenvalue weighted by atomic mass is 10.2. The number of amides is 1. The predicted molar refractivity (Wildman–Crippen MR) is 46.1 cm³/mol. The molecule has 1 heterocycles. The van der Waals surface area contributed by atoms with Gasteiger partial charge in [0.1, 0.15) is 18.0 Å². The highest BCUT2D eigenvalue weighted by molar-refractivity contribution is 6.07. The van der Waals surface area contributed by atoms with E-state index in [0.717, 1.165) is 6.42 Å². The quantitative estimate of drug-likeness (QED) is 0.663. The van der Waals surface area contributed by atoms with Crippen molar-refractivity contribution in [2.24, 2.45) is 4.99 Å². The molecule has 0 radical (unpaired) electrons. The molecule has 1 amide bonds. The number of rotatable bonds is 3. The van der Waals surface area contributed by atoms with E-state index in [9.17, 15) is 4.79 Å². The zero-order valence-corrected chi connectivity index (χ0v) is 7.63. The third-order valence-corrected chi connectivity index (χ3v) is 1.92. The van der Waals surface area contributed by atoms with Crippen LogP contribution in [0.25, 0.3) is 0 Å². The molecule has 1 N–H and O–H groups in total. The minimum atomic E-state index is -0.260. The minimum absolute atomic E-state index is 0.0412. The Balaban J connectivity index is 2.64. The zero-order valence-electron chi connectivity index (χ0n) is 7.63. The molecule has 0 spiro atoms. The van der Waals surface area contributed by atoms with E-state index in [2.05, 4.69) is 10.3 Å². The summed E-state index contributed by atoms with van der Waals surface area (Å²) in [5.74, 6) is 0.623. The number of amidine groups is 1. The number of nitrogens with one attached hydrogen (secondary N) is 1. The fourth-order valence-corrected chi connectivity index (χ4v) is 1.17. The van der Waals surface area contributed by atoms with Crippen LogP contribution in [0.5, 0.6) is 0 Å². The fraction of sp³-hybridized carbons (Fsp3) is 0.750. The van der Waals surface area contributed by atoms with Gasteiger partial charge in [-0.3, -0.25) is 9.79 Å². The summed E-state index contributed by atoms with van der Waals surface area (Å²) >= 11 is 0. The number of hydrogen-bond acceptors (Lipinski definition) is 3. The monoisotopic (exact) mass is 170 g/mol. The van der Waals surface area contributed by atoms with Crippen molar-refractivity contribution in [2.75, 3.05) is 7.11 Å². The maximum absolute atomic E-state index is 11.0. The van der Waals surface area contributed by atoms with Crippen LogP contribution in [0.15, 0.2) is 4.99 Å². The van der Waals surface area contributed by atoms with E-state index >= 15 is 0 Å². The summed E-state index contributed by atoms with van der Waals surface area (Å²) in [6.07, 6.45) is 0.751. The van der Waals surface area contributed by atoms with Crippen molar-refractivity contribution in [1.29, 1.82) is 0 Å². The van der Waals surface area contributed by atoms with E-state index < -0.39 is 0 Å². The first kappa shape index (κ1) is 9.19. The van der Waals surface area contributed by atoms with Gasteiger partial charge < -0.3 is 10.1 Å². The Kier molecular flexibility index (Phi) is 2.81. The van der Waals surface area contributed by atoms with Crippen LogP contribution in [0.3, 0.4) is 0 Å². The van der Waals surface area contributed by atoms with Gasteiger partial charge in [0.15, 0.2) is 0 Å². The highest BCUT2D eigenvalue weighted by Gasteiger charge is 2.26. The molecule has 12 heavy (non-hydrogen) atoms. The SMILES string of the molecule is CCC(OC)C1=NC(C)C(=O)N1. The van der Waals surface area contributed by atoms with Crippen LogP contribution in [-0.2, 0) is 9.53 Å². The van der Waals surface area contributed by atoms with Gasteiger partial charge in [-0.15, -0.1) is 0 Å². The molecule has 0 saturated carbocycles. The van der Waals surface area contributed by atoms with Gasteiger partial charge in [0.2, 0.25) is 5.91 Å². The average Bonchev–Trinajstić information content (AvgIpc) is 2.35. The number of carbonyl (C=O) groups excluding carboxylic acids is 1. The van der Waals surface area contributed by atoms with Gasteiger partial charge in [0.05, 0.1) is 0 Å². The molecule has 4 heteroatoms. The summed E-state index contributed by atoms with van der Waals surface area (Å²) in [6.45, 7) is 3.76. The number of methoxy groups -OCH3 is 1. The van der Waals surface area contributed by atoms with Gasteiger partial charge in [-0.1, -0.05) is 6.92 Å². The van der Waals surface area contributed by atoms with Crippen LogP contribution >= 0.6 is 0 Å². The molecule has 0 bridgehead atoms. The highest BCUT2D eigenvalue weighted by Crippen LogP contribution is 2.06. The van der Waals surface area contributed by atoms with Gasteiger partial charge in [-0.25, -0.2) is 0 Å². The summed E-state index contributed by atoms with van der Waals surface area (Å²) in [7, 11) is 1.62. The lowest BCUT2D eigenvalue weighted by molar-refractivity contribution is -0.119. The lowest BCUT2D eigenvalue weighted by Gasteiger charge is -2.11. The van der Waals surface area contributed by atoms with Crippen molar-refractivity contribution in [3.63, 3.8) is 0 Å². The van der Waals surface area contributed by atoms with E-state index in [0.29, 0.717) is 5.84 Å². The molecule has 0 aromatic rings. The maximum Gasteiger partial charge on any atom is 0.249 e. The molecule has 0 aromatic carbocycles. The van der Waals surface area contributed by atoms with Crippen LogP contribution in [0.1, 0.15) is 20.3 Å². The number of ether oxygens (including phenoxy) is 1. The predicted octanol–water partition coefficient (Wildman–Crippen LogP) is 0.328. The molecule has 2 atom stereocenters. The third kappa shape index (κ3) is 1.64. The second-order valence-corrected chi connectivity index (χ2v) is 2.81. The van der Waals surface area contributed by atoms with Crippen molar-refractivity contribution >= 4 is 11.7 Å². The minimum Gasteiger partial charge on any atom is -0.374 e. The Labute approximate surface area is 72.0 Å². The standard InChI is InChI=1S/C8H14N2O2/c1-4-6(12-3)7-9-5(2)8(11)10-7/h5-6H,4H2,1-3H3,(H,9,10,11). The van der Waals surface area contributed by atoms with Crippen molar-refractivity contribution in [3.8, 4) is 0 Å². The average molecular weight is 170 g/mol. The number of aliphatic imine (C=N–C) groups is 1. The molecule has 0 aromatic heterocycles. The molecule has 0 fully saturated rings. The van der Waals surface area contributed by atoms with Crippen LogP contribution in [0, 0.1) is 0 Å². The normalized spacial score (nSPS) is 25.1. The molecule has 1 aliphatic rings. The van der Waals surface area contributed by atoms with Crippen LogP contribution < -0.4 is 5.32 Å². The molecule has 4 nitrogen and oxygen atoms in total. The van der Waals surface area contributed by atoms with Gasteiger partial charge >= 0.3 is 0 Å². The number of nitrogens with zero attached hydrogens (tertiary/aromatic N) is 1. The van der Waals surface area contributed by atoms with Crippen LogP contribution in [-0.4, -0.2) is 31.0 Å². The number of carbonyl (C=O) groups is 1. The van der Waals surface area contributed by atoms with Gasteiger partial charge in [-0.2, -0.15) is 0 Å². The van der Waals surface area contributed by atoms with E-state index in [1.165, 1.54) is 0 Å². The first-order valence-corrected chi connectivity index (χ1v) is 4.10. The van der Waals surface area contributed by atoms with Crippen molar-refractivity contribution in [1.82, 2.24) is 5.32 Å². The van der Waals surface area contributed by atoms with E-state index in [1.807, 2.05) is 6.92 Å². The summed E-state index contributed by atoms with van der Waals surface area (Å²) < 4.78 is 5.13. The third-order valence-electron chi connectivity index (χ3n) is 1.92. The highest BCUT2D eigenvalue weighted by atomic mass is 16.5. The smallest absolute Gasteiger partial charge is 0.249 e. The summed E-state index contributed by atoms with van der Waals surface area (Å²) in [5.41, 5.74) is 0. The van der Waals surface area contributed by atoms with Gasteiger partial charge in [0, 0.05) is 7.11 Å². The topological polar surface area (TPSA) is 50.7 Å². The Morgan fingerprint density at radius 3 is 2.75 bits per heavy atom. The molecular formula is C8H14N2O2. The second-order valence-electron chi connectivity index (χ2n) is 2.81. The zero-order chi connectivity index (χ0) is 9.14. The van der Waals surface area contributed by atoms with E-state index in [1.54, 1.807) is 14.0 Å². The molecule has 0 saturated heterocycles. The van der Waals surface area contributed by atoms with E-state index in [4.69, 9.17) is 4.74 Å². The summed E-state index contributed by atoms with van der Waals surface area (Å²) in [4.78, 5) is 15.2. The summed E-state index contributed by atoms with van der Waals surface area (Å²) in [5, 5.41) is 2.69. The molecule has 1 aliphatic heterocycles. The Bertz CT molecular complexity index is 209. The molecule has 68 valence electrons. The molecule has 1 rings (SSSR count). The second kappa shape index (κ2) is 3.67. The largest absolute Gasteiger partial charge is 0.374 e. The van der Waals surface area contributed by atoms with Crippen molar-refractivity contribution < 1.29 is 9.53 Å². The van der Waals surface area contributed by atoms with Gasteiger partial charge in [-0.05, 0) is 13.3 Å². The molecule has 2 unspecified atom stereocenters. The first-order chi connectivity index (χ1) is 5.69. The van der Waals surface area contributed by atoms with E-state index in [-0.39, 0.29) is 18.1 Å². The summed E-state index contributed by atoms with van der Waals surface area (Å²) in [6, 6.07) is -0.260. The number of hydrogen-bond donors (Lipinski definition) is 1.